The molecular weight excluding hydrogens is 320 g/mol. The van der Waals surface area contributed by atoms with Crippen LogP contribution in [-0.4, -0.2) is 29.1 Å². The first-order valence-corrected chi connectivity index (χ1v) is 9.01. The highest BCUT2D eigenvalue weighted by Crippen LogP contribution is 2.35. The third kappa shape index (κ3) is 2.65. The van der Waals surface area contributed by atoms with Crippen LogP contribution in [0.15, 0.2) is 48.0 Å². The molecular formula is C19H18N2O2S. The number of aromatic nitrogens is 1. The molecule has 1 aromatic carbocycles. The molecule has 122 valence electrons. The standard InChI is InChI=1S/C19H18N2O2S/c22-19(23)15-4-2-1-3-14(15)13-6-10-21(11-7-13)18-16-8-12-24-17(16)5-9-20-18/h1-5,8-9,12-13H,6-7,10-11H2,(H,22,23). The Kier molecular flexibility index (Phi) is 3.94. The van der Waals surface area contributed by atoms with Crippen LogP contribution in [-0.2, 0) is 0 Å². The summed E-state index contributed by atoms with van der Waals surface area (Å²) < 4.78 is 1.26. The fraction of sp³-hybridized carbons (Fsp3) is 0.263. The monoisotopic (exact) mass is 338 g/mol. The van der Waals surface area contributed by atoms with E-state index in [9.17, 15) is 9.90 Å². The van der Waals surface area contributed by atoms with Crippen molar-refractivity contribution in [2.45, 2.75) is 18.8 Å². The van der Waals surface area contributed by atoms with Gasteiger partial charge in [0.15, 0.2) is 0 Å². The molecule has 2 aromatic heterocycles. The first-order chi connectivity index (χ1) is 11.7. The molecule has 0 aliphatic carbocycles. The van der Waals surface area contributed by atoms with Crippen molar-refractivity contribution in [3.8, 4) is 0 Å². The van der Waals surface area contributed by atoms with Crippen LogP contribution in [0.4, 0.5) is 5.82 Å². The number of carboxylic acid groups (broad SMARTS) is 1. The molecule has 0 unspecified atom stereocenters. The average molecular weight is 338 g/mol. The zero-order valence-corrected chi connectivity index (χ0v) is 14.0. The summed E-state index contributed by atoms with van der Waals surface area (Å²) in [4.78, 5) is 18.4. The number of pyridine rings is 1. The van der Waals surface area contributed by atoms with E-state index in [1.165, 1.54) is 10.1 Å². The number of hydrogen-bond donors (Lipinski definition) is 1. The van der Waals surface area contributed by atoms with E-state index in [1.54, 1.807) is 23.5 Å². The Bertz CT molecular complexity index is 882. The third-order valence-corrected chi connectivity index (χ3v) is 5.67. The van der Waals surface area contributed by atoms with Crippen LogP contribution in [0.1, 0.15) is 34.7 Å². The molecule has 3 heterocycles. The van der Waals surface area contributed by atoms with E-state index in [1.807, 2.05) is 18.3 Å². The average Bonchev–Trinajstić information content (AvgIpc) is 3.10. The second-order valence-corrected chi connectivity index (χ2v) is 7.07. The maximum atomic E-state index is 11.4. The van der Waals surface area contributed by atoms with Gasteiger partial charge < -0.3 is 10.0 Å². The first kappa shape index (κ1) is 15.1. The first-order valence-electron chi connectivity index (χ1n) is 8.13. The lowest BCUT2D eigenvalue weighted by molar-refractivity contribution is 0.0695. The fourth-order valence-electron chi connectivity index (χ4n) is 3.58. The van der Waals surface area contributed by atoms with E-state index in [0.717, 1.165) is 37.3 Å². The number of piperidine rings is 1. The number of fused-ring (bicyclic) bond motifs is 1. The van der Waals surface area contributed by atoms with Gasteiger partial charge in [0.2, 0.25) is 0 Å². The highest BCUT2D eigenvalue weighted by Gasteiger charge is 2.25. The summed E-state index contributed by atoms with van der Waals surface area (Å²) in [5.74, 6) is 0.520. The number of nitrogens with zero attached hydrogens (tertiary/aromatic N) is 2. The lowest BCUT2D eigenvalue weighted by atomic mass is 9.86. The zero-order chi connectivity index (χ0) is 16.5. The van der Waals surface area contributed by atoms with Gasteiger partial charge in [0.25, 0.3) is 0 Å². The lowest BCUT2D eigenvalue weighted by Crippen LogP contribution is -2.34. The zero-order valence-electron chi connectivity index (χ0n) is 13.2. The molecule has 4 nitrogen and oxygen atoms in total. The van der Waals surface area contributed by atoms with E-state index in [2.05, 4.69) is 27.4 Å². The Hall–Kier alpha value is -2.40. The van der Waals surface area contributed by atoms with Gasteiger partial charge in [-0.3, -0.25) is 0 Å². The predicted octanol–water partition coefficient (Wildman–Crippen LogP) is 4.38. The molecule has 0 saturated carbocycles. The van der Waals surface area contributed by atoms with Gasteiger partial charge in [-0.05, 0) is 47.9 Å². The van der Waals surface area contributed by atoms with Gasteiger partial charge in [0.05, 0.1) is 5.56 Å². The molecule has 0 spiro atoms. The lowest BCUT2D eigenvalue weighted by Gasteiger charge is -2.33. The maximum Gasteiger partial charge on any atom is 0.335 e. The van der Waals surface area contributed by atoms with Crippen molar-refractivity contribution in [2.24, 2.45) is 0 Å². The molecule has 0 radical (unpaired) electrons. The van der Waals surface area contributed by atoms with Crippen molar-refractivity contribution in [3.05, 3.63) is 59.1 Å². The van der Waals surface area contributed by atoms with Crippen LogP contribution in [0, 0.1) is 0 Å². The molecule has 1 aliphatic heterocycles. The fourth-order valence-corrected chi connectivity index (χ4v) is 4.36. The van der Waals surface area contributed by atoms with Crippen molar-refractivity contribution in [1.29, 1.82) is 0 Å². The minimum Gasteiger partial charge on any atom is -0.478 e. The quantitative estimate of drug-likeness (QED) is 0.770. The van der Waals surface area contributed by atoms with Crippen LogP contribution < -0.4 is 4.90 Å². The Morgan fingerprint density at radius 1 is 1.17 bits per heavy atom. The van der Waals surface area contributed by atoms with Crippen molar-refractivity contribution in [3.63, 3.8) is 0 Å². The number of aromatic carboxylic acids is 1. The second-order valence-electron chi connectivity index (χ2n) is 6.12. The normalized spacial score (nSPS) is 15.8. The highest BCUT2D eigenvalue weighted by atomic mass is 32.1. The Balaban J connectivity index is 1.55. The summed E-state index contributed by atoms with van der Waals surface area (Å²) in [6.07, 6.45) is 3.78. The molecule has 3 aromatic rings. The van der Waals surface area contributed by atoms with Gasteiger partial charge in [0, 0.05) is 29.4 Å². The van der Waals surface area contributed by atoms with E-state index in [-0.39, 0.29) is 0 Å². The molecule has 1 aliphatic rings. The second kappa shape index (κ2) is 6.24. The van der Waals surface area contributed by atoms with Crippen molar-refractivity contribution < 1.29 is 9.90 Å². The molecule has 4 rings (SSSR count). The molecule has 1 fully saturated rings. The highest BCUT2D eigenvalue weighted by molar-refractivity contribution is 7.17. The van der Waals surface area contributed by atoms with Gasteiger partial charge >= 0.3 is 5.97 Å². The predicted molar refractivity (Wildman–Crippen MR) is 97.2 cm³/mol. The smallest absolute Gasteiger partial charge is 0.335 e. The van der Waals surface area contributed by atoms with Gasteiger partial charge in [0.1, 0.15) is 5.82 Å². The molecule has 0 bridgehead atoms. The van der Waals surface area contributed by atoms with Crippen molar-refractivity contribution >= 4 is 33.2 Å². The van der Waals surface area contributed by atoms with Crippen LogP contribution in [0.2, 0.25) is 0 Å². The van der Waals surface area contributed by atoms with Crippen LogP contribution >= 0.6 is 11.3 Å². The number of hydrogen-bond acceptors (Lipinski definition) is 4. The Labute approximate surface area is 144 Å². The Morgan fingerprint density at radius 2 is 1.96 bits per heavy atom. The van der Waals surface area contributed by atoms with Gasteiger partial charge in [-0.2, -0.15) is 0 Å². The van der Waals surface area contributed by atoms with E-state index in [0.29, 0.717) is 11.5 Å². The van der Waals surface area contributed by atoms with Crippen molar-refractivity contribution in [2.75, 3.05) is 18.0 Å². The largest absolute Gasteiger partial charge is 0.478 e. The number of rotatable bonds is 3. The summed E-state index contributed by atoms with van der Waals surface area (Å²) in [6.45, 7) is 1.81. The SMILES string of the molecule is O=C(O)c1ccccc1C1CCN(c2nccc3sccc23)CC1. The molecule has 5 heteroatoms. The minimum absolute atomic E-state index is 0.301. The van der Waals surface area contributed by atoms with E-state index in [4.69, 9.17) is 0 Å². The van der Waals surface area contributed by atoms with Crippen molar-refractivity contribution in [1.82, 2.24) is 4.98 Å². The minimum atomic E-state index is -0.835. The molecule has 1 saturated heterocycles. The molecule has 0 amide bonds. The number of anilines is 1. The van der Waals surface area contributed by atoms with Gasteiger partial charge in [-0.1, -0.05) is 18.2 Å². The van der Waals surface area contributed by atoms with Gasteiger partial charge in [-0.25, -0.2) is 9.78 Å². The topological polar surface area (TPSA) is 53.4 Å². The van der Waals surface area contributed by atoms with Crippen LogP contribution in [0.25, 0.3) is 10.1 Å². The number of thiophene rings is 1. The summed E-state index contributed by atoms with van der Waals surface area (Å²) in [7, 11) is 0. The van der Waals surface area contributed by atoms with Gasteiger partial charge in [-0.15, -0.1) is 11.3 Å². The van der Waals surface area contributed by atoms with Crippen LogP contribution in [0.5, 0.6) is 0 Å². The third-order valence-electron chi connectivity index (χ3n) is 4.78. The van der Waals surface area contributed by atoms with E-state index < -0.39 is 5.97 Å². The molecule has 24 heavy (non-hydrogen) atoms. The summed E-state index contributed by atoms with van der Waals surface area (Å²) in [5, 5.41) is 12.7. The molecule has 0 atom stereocenters. The summed E-state index contributed by atoms with van der Waals surface area (Å²) in [6, 6.07) is 11.6. The van der Waals surface area contributed by atoms with E-state index >= 15 is 0 Å². The summed E-state index contributed by atoms with van der Waals surface area (Å²) in [5.41, 5.74) is 1.40. The van der Waals surface area contributed by atoms with Crippen LogP contribution in [0.3, 0.4) is 0 Å². The molecule has 1 N–H and O–H groups in total. The number of benzene rings is 1. The Morgan fingerprint density at radius 3 is 2.75 bits per heavy atom. The number of carboxylic acids is 1. The number of carbonyl (C=O) groups is 1. The summed E-state index contributed by atoms with van der Waals surface area (Å²) >= 11 is 1.74. The maximum absolute atomic E-state index is 11.4.